The smallest absolute Gasteiger partial charge is 0.132 e. The molecule has 1 heterocycles. The second kappa shape index (κ2) is 4.97. The van der Waals surface area contributed by atoms with Gasteiger partial charge in [0.25, 0.3) is 0 Å². The van der Waals surface area contributed by atoms with Crippen molar-refractivity contribution >= 4 is 17.7 Å². The fraction of sp³-hybridized carbons (Fsp3) is 0.133. The zero-order valence-electron chi connectivity index (χ0n) is 10.0. The van der Waals surface area contributed by atoms with Gasteiger partial charge in [-0.25, -0.2) is 0 Å². The maximum absolute atomic E-state index is 10.7. The first kappa shape index (κ1) is 12.1. The molecule has 0 atom stereocenters. The Bertz CT molecular complexity index is 579. The zero-order valence-corrected chi connectivity index (χ0v) is 10.9. The third-order valence-corrected chi connectivity index (χ3v) is 4.23. The Hall–Kier alpha value is -1.94. The fourth-order valence-electron chi connectivity index (χ4n) is 2.20. The molecule has 0 spiro atoms. The number of hydrogen-bond donors (Lipinski definition) is 0. The maximum atomic E-state index is 10.7. The third kappa shape index (κ3) is 2.31. The number of ether oxygens (including phenoxy) is 1. The summed E-state index contributed by atoms with van der Waals surface area (Å²) in [7, 11) is 0. The van der Waals surface area contributed by atoms with Crippen LogP contribution in [0.2, 0.25) is 0 Å². The normalized spacial score (nSPS) is 13.3. The van der Waals surface area contributed by atoms with Crippen molar-refractivity contribution in [2.24, 2.45) is 0 Å². The van der Waals surface area contributed by atoms with Gasteiger partial charge in [0.05, 0.1) is 11.2 Å². The van der Waals surface area contributed by atoms with Crippen molar-refractivity contribution in [3.05, 3.63) is 59.7 Å². The summed E-state index contributed by atoms with van der Waals surface area (Å²) >= 11 is 1.35. The molecule has 1 aliphatic heterocycles. The van der Waals surface area contributed by atoms with Crippen LogP contribution in [-0.4, -0.2) is 11.7 Å². The van der Waals surface area contributed by atoms with E-state index in [2.05, 4.69) is 0 Å². The number of benzene rings is 2. The minimum Gasteiger partial charge on any atom is -0.549 e. The molecule has 0 saturated heterocycles. The predicted octanol–water partition coefficient (Wildman–Crippen LogP) is 2.36. The van der Waals surface area contributed by atoms with Crippen LogP contribution in [0.15, 0.2) is 48.5 Å². The number of thioether (sulfide) groups is 1. The maximum Gasteiger partial charge on any atom is 0.132 e. The lowest BCUT2D eigenvalue weighted by atomic mass is 10.00. The number of carbonyl (C=O) groups excluding carboxylic acids is 1. The Labute approximate surface area is 115 Å². The van der Waals surface area contributed by atoms with Crippen LogP contribution in [0.5, 0.6) is 11.5 Å². The van der Waals surface area contributed by atoms with Crippen molar-refractivity contribution in [2.75, 3.05) is 5.75 Å². The van der Waals surface area contributed by atoms with E-state index in [0.29, 0.717) is 0 Å². The number of para-hydroxylation sites is 2. The van der Waals surface area contributed by atoms with Crippen LogP contribution in [-0.2, 0) is 4.79 Å². The second-order valence-corrected chi connectivity index (χ2v) is 5.33. The first-order chi connectivity index (χ1) is 9.25. The highest BCUT2D eigenvalue weighted by Gasteiger charge is 2.26. The molecular formula is C15H11O3S-. The van der Waals surface area contributed by atoms with Gasteiger partial charge in [-0.3, -0.25) is 0 Å². The van der Waals surface area contributed by atoms with Gasteiger partial charge < -0.3 is 14.6 Å². The minimum atomic E-state index is -1.05. The molecule has 0 radical (unpaired) electrons. The summed E-state index contributed by atoms with van der Waals surface area (Å²) in [4.78, 5) is 10.7. The molecule has 0 amide bonds. The van der Waals surface area contributed by atoms with Crippen LogP contribution in [0, 0.1) is 0 Å². The molecule has 0 aliphatic carbocycles. The van der Waals surface area contributed by atoms with E-state index in [0.717, 1.165) is 22.6 Å². The van der Waals surface area contributed by atoms with Gasteiger partial charge in [-0.1, -0.05) is 36.4 Å². The molecule has 0 fully saturated rings. The largest absolute Gasteiger partial charge is 0.549 e. The van der Waals surface area contributed by atoms with E-state index in [-0.39, 0.29) is 11.0 Å². The number of aliphatic carboxylic acids is 1. The number of rotatable bonds is 3. The van der Waals surface area contributed by atoms with Gasteiger partial charge in [0.15, 0.2) is 0 Å². The van der Waals surface area contributed by atoms with E-state index < -0.39 is 5.97 Å². The Morgan fingerprint density at radius 2 is 1.58 bits per heavy atom. The molecule has 4 heteroatoms. The predicted molar refractivity (Wildman–Crippen MR) is 72.3 cm³/mol. The quantitative estimate of drug-likeness (QED) is 0.860. The van der Waals surface area contributed by atoms with Crippen molar-refractivity contribution < 1.29 is 14.6 Å². The van der Waals surface area contributed by atoms with Crippen molar-refractivity contribution in [2.45, 2.75) is 5.25 Å². The van der Waals surface area contributed by atoms with Crippen LogP contribution >= 0.6 is 11.8 Å². The fourth-order valence-corrected chi connectivity index (χ4v) is 3.25. The third-order valence-electron chi connectivity index (χ3n) is 2.99. The summed E-state index contributed by atoms with van der Waals surface area (Å²) in [6.07, 6.45) is 0. The van der Waals surface area contributed by atoms with Crippen LogP contribution in [0.3, 0.4) is 0 Å². The lowest BCUT2D eigenvalue weighted by molar-refractivity contribution is -0.301. The van der Waals surface area contributed by atoms with E-state index in [1.54, 1.807) is 0 Å². The lowest BCUT2D eigenvalue weighted by Gasteiger charge is -2.27. The molecule has 3 nitrogen and oxygen atoms in total. The van der Waals surface area contributed by atoms with E-state index in [4.69, 9.17) is 4.74 Å². The molecule has 0 aromatic heterocycles. The Balaban J connectivity index is 2.03. The van der Waals surface area contributed by atoms with Crippen molar-refractivity contribution in [1.82, 2.24) is 0 Å². The Morgan fingerprint density at radius 1 is 1.05 bits per heavy atom. The molecule has 96 valence electrons. The first-order valence-electron chi connectivity index (χ1n) is 5.93. The summed E-state index contributed by atoms with van der Waals surface area (Å²) < 4.78 is 5.84. The highest BCUT2D eigenvalue weighted by molar-refractivity contribution is 8.00. The molecule has 1 aliphatic rings. The molecule has 2 aromatic rings. The van der Waals surface area contributed by atoms with E-state index >= 15 is 0 Å². The van der Waals surface area contributed by atoms with Crippen LogP contribution in [0.25, 0.3) is 0 Å². The van der Waals surface area contributed by atoms with Gasteiger partial charge in [0, 0.05) is 16.9 Å². The summed E-state index contributed by atoms with van der Waals surface area (Å²) in [5.41, 5.74) is 2.01. The summed E-state index contributed by atoms with van der Waals surface area (Å²) in [5, 5.41) is 10.7. The number of hydrogen-bond acceptors (Lipinski definition) is 4. The molecule has 0 saturated carbocycles. The molecule has 19 heavy (non-hydrogen) atoms. The Kier molecular flexibility index (Phi) is 3.17. The highest BCUT2D eigenvalue weighted by atomic mass is 32.2. The van der Waals surface area contributed by atoms with Crippen molar-refractivity contribution in [3.8, 4) is 11.5 Å². The van der Waals surface area contributed by atoms with Gasteiger partial charge in [0.1, 0.15) is 11.5 Å². The standard InChI is InChI=1S/C15H12O3S/c16-14(17)9-19-15-10-5-1-3-7-12(10)18-13-8-4-2-6-11(13)15/h1-8,15H,9H2,(H,16,17)/p-1. The van der Waals surface area contributed by atoms with E-state index in [1.807, 2.05) is 48.5 Å². The van der Waals surface area contributed by atoms with Gasteiger partial charge in [-0.15, -0.1) is 11.8 Å². The molecule has 0 N–H and O–H groups in total. The number of carbonyl (C=O) groups is 1. The van der Waals surface area contributed by atoms with E-state index in [9.17, 15) is 9.90 Å². The number of fused-ring (bicyclic) bond motifs is 2. The number of carboxylic acids is 1. The van der Waals surface area contributed by atoms with Crippen LogP contribution < -0.4 is 9.84 Å². The van der Waals surface area contributed by atoms with Crippen LogP contribution in [0.1, 0.15) is 16.4 Å². The first-order valence-corrected chi connectivity index (χ1v) is 6.98. The summed E-state index contributed by atoms with van der Waals surface area (Å²) in [5.74, 6) is 0.494. The summed E-state index contributed by atoms with van der Waals surface area (Å²) in [6, 6.07) is 15.4. The monoisotopic (exact) mass is 271 g/mol. The van der Waals surface area contributed by atoms with Gasteiger partial charge in [-0.05, 0) is 12.1 Å². The molecule has 0 unspecified atom stereocenters. The minimum absolute atomic E-state index is 0.0287. The molecular weight excluding hydrogens is 260 g/mol. The van der Waals surface area contributed by atoms with E-state index in [1.165, 1.54) is 11.8 Å². The topological polar surface area (TPSA) is 49.4 Å². The van der Waals surface area contributed by atoms with Gasteiger partial charge in [0.2, 0.25) is 0 Å². The molecule has 0 bridgehead atoms. The summed E-state index contributed by atoms with van der Waals surface area (Å²) in [6.45, 7) is 0. The van der Waals surface area contributed by atoms with Crippen molar-refractivity contribution in [1.29, 1.82) is 0 Å². The SMILES string of the molecule is O=C([O-])CSC1c2ccccc2Oc2ccccc21. The van der Waals surface area contributed by atoms with Gasteiger partial charge in [-0.2, -0.15) is 0 Å². The zero-order chi connectivity index (χ0) is 13.2. The Morgan fingerprint density at radius 3 is 2.11 bits per heavy atom. The molecule has 2 aromatic carbocycles. The van der Waals surface area contributed by atoms with Gasteiger partial charge >= 0.3 is 0 Å². The lowest BCUT2D eigenvalue weighted by Crippen LogP contribution is -2.25. The highest BCUT2D eigenvalue weighted by Crippen LogP contribution is 2.48. The van der Waals surface area contributed by atoms with Crippen molar-refractivity contribution in [3.63, 3.8) is 0 Å². The second-order valence-electron chi connectivity index (χ2n) is 4.24. The number of carboxylic acid groups (broad SMARTS) is 1. The molecule has 3 rings (SSSR count). The average molecular weight is 271 g/mol. The van der Waals surface area contributed by atoms with Crippen LogP contribution in [0.4, 0.5) is 0 Å². The average Bonchev–Trinajstić information content (AvgIpc) is 2.43.